The van der Waals surface area contributed by atoms with Gasteiger partial charge in [-0.25, -0.2) is 9.97 Å². The summed E-state index contributed by atoms with van der Waals surface area (Å²) in [5.41, 5.74) is 1.09. The van der Waals surface area contributed by atoms with E-state index >= 15 is 0 Å². The Morgan fingerprint density at radius 3 is 3.42 bits per heavy atom. The van der Waals surface area contributed by atoms with Gasteiger partial charge in [0.15, 0.2) is 0 Å². The number of ether oxygens (including phenoxy) is 1. The van der Waals surface area contributed by atoms with Gasteiger partial charge in [0.25, 0.3) is 0 Å². The Labute approximate surface area is 116 Å². The van der Waals surface area contributed by atoms with Crippen molar-refractivity contribution in [3.63, 3.8) is 0 Å². The summed E-state index contributed by atoms with van der Waals surface area (Å²) in [6, 6.07) is 2.02. The van der Waals surface area contributed by atoms with Crippen LogP contribution in [-0.2, 0) is 4.74 Å². The fraction of sp³-hybridized carbons (Fsp3) is 0.538. The van der Waals surface area contributed by atoms with Gasteiger partial charge in [-0.1, -0.05) is 6.92 Å². The van der Waals surface area contributed by atoms with Crippen molar-refractivity contribution in [1.82, 2.24) is 15.3 Å². The second-order valence-electron chi connectivity index (χ2n) is 5.25. The van der Waals surface area contributed by atoms with E-state index in [1.807, 2.05) is 11.4 Å². The highest BCUT2D eigenvalue weighted by molar-refractivity contribution is 7.17. The number of thiophene rings is 1. The predicted octanol–water partition coefficient (Wildman–Crippen LogP) is 1.73. The maximum absolute atomic E-state index is 5.64. The summed E-state index contributed by atoms with van der Waals surface area (Å²) in [5.74, 6) is 0.922. The SMILES string of the molecule is CC1(CNc2ncnc3ccsc23)CNCCOC1. The average molecular weight is 278 g/mol. The van der Waals surface area contributed by atoms with Crippen LogP contribution in [0.2, 0.25) is 0 Å². The van der Waals surface area contributed by atoms with E-state index in [4.69, 9.17) is 4.74 Å². The second kappa shape index (κ2) is 5.40. The van der Waals surface area contributed by atoms with Crippen molar-refractivity contribution in [2.45, 2.75) is 6.92 Å². The number of nitrogens with zero attached hydrogens (tertiary/aromatic N) is 2. The van der Waals surface area contributed by atoms with Gasteiger partial charge in [0.05, 0.1) is 23.4 Å². The van der Waals surface area contributed by atoms with E-state index < -0.39 is 0 Å². The number of aromatic nitrogens is 2. The normalized spacial score (nSPS) is 24.3. The predicted molar refractivity (Wildman–Crippen MR) is 77.7 cm³/mol. The lowest BCUT2D eigenvalue weighted by Gasteiger charge is -2.27. The van der Waals surface area contributed by atoms with Crippen LogP contribution >= 0.6 is 11.3 Å². The highest BCUT2D eigenvalue weighted by Gasteiger charge is 2.26. The van der Waals surface area contributed by atoms with Crippen molar-refractivity contribution in [3.8, 4) is 0 Å². The Morgan fingerprint density at radius 2 is 2.47 bits per heavy atom. The maximum Gasteiger partial charge on any atom is 0.147 e. The minimum atomic E-state index is 0.0883. The Bertz CT molecular complexity index is 548. The van der Waals surface area contributed by atoms with Gasteiger partial charge in [0, 0.05) is 25.0 Å². The van der Waals surface area contributed by atoms with Gasteiger partial charge in [0.2, 0.25) is 0 Å². The molecule has 1 fully saturated rings. The number of nitrogens with one attached hydrogen (secondary N) is 2. The first-order valence-corrected chi connectivity index (χ1v) is 7.35. The standard InChI is InChI=1S/C13H18N4OS/c1-13(6-14-3-4-18-8-13)7-15-12-11-10(2-5-19-11)16-9-17-12/h2,5,9,14H,3-4,6-8H2,1H3,(H,15,16,17). The molecule has 6 heteroatoms. The number of rotatable bonds is 3. The monoisotopic (exact) mass is 278 g/mol. The molecule has 0 amide bonds. The zero-order chi connectivity index (χ0) is 13.1. The first kappa shape index (κ1) is 12.8. The highest BCUT2D eigenvalue weighted by Crippen LogP contribution is 2.26. The van der Waals surface area contributed by atoms with E-state index in [0.29, 0.717) is 0 Å². The van der Waals surface area contributed by atoms with Gasteiger partial charge < -0.3 is 15.4 Å². The third kappa shape index (κ3) is 2.86. The zero-order valence-electron chi connectivity index (χ0n) is 11.0. The first-order valence-electron chi connectivity index (χ1n) is 6.47. The molecule has 0 aliphatic carbocycles. The van der Waals surface area contributed by atoms with Crippen LogP contribution in [0.1, 0.15) is 6.92 Å². The van der Waals surface area contributed by atoms with E-state index in [2.05, 4.69) is 27.5 Å². The van der Waals surface area contributed by atoms with Gasteiger partial charge in [-0.3, -0.25) is 0 Å². The molecule has 0 radical (unpaired) electrons. The molecule has 19 heavy (non-hydrogen) atoms. The molecule has 0 saturated carbocycles. The summed E-state index contributed by atoms with van der Waals surface area (Å²) in [5, 5.41) is 8.91. The molecule has 1 aliphatic rings. The fourth-order valence-corrected chi connectivity index (χ4v) is 3.04. The van der Waals surface area contributed by atoms with Gasteiger partial charge in [-0.2, -0.15) is 0 Å². The number of fused-ring (bicyclic) bond motifs is 1. The second-order valence-corrected chi connectivity index (χ2v) is 6.17. The molecule has 1 saturated heterocycles. The van der Waals surface area contributed by atoms with Crippen LogP contribution in [0.5, 0.6) is 0 Å². The smallest absolute Gasteiger partial charge is 0.147 e. The Morgan fingerprint density at radius 1 is 1.53 bits per heavy atom. The zero-order valence-corrected chi connectivity index (χ0v) is 11.8. The molecule has 0 aromatic carbocycles. The minimum Gasteiger partial charge on any atom is -0.379 e. The molecule has 2 aromatic rings. The molecule has 102 valence electrons. The molecular formula is C13H18N4OS. The van der Waals surface area contributed by atoms with Crippen molar-refractivity contribution in [2.75, 3.05) is 38.2 Å². The summed E-state index contributed by atoms with van der Waals surface area (Å²) in [6.07, 6.45) is 1.61. The lowest BCUT2D eigenvalue weighted by molar-refractivity contribution is 0.0861. The topological polar surface area (TPSA) is 59.1 Å². The number of anilines is 1. The van der Waals surface area contributed by atoms with Crippen molar-refractivity contribution in [1.29, 1.82) is 0 Å². The highest BCUT2D eigenvalue weighted by atomic mass is 32.1. The van der Waals surface area contributed by atoms with Crippen LogP contribution in [0.4, 0.5) is 5.82 Å². The largest absolute Gasteiger partial charge is 0.379 e. The van der Waals surface area contributed by atoms with Crippen LogP contribution in [0, 0.1) is 5.41 Å². The lowest BCUT2D eigenvalue weighted by atomic mass is 9.92. The molecule has 5 nitrogen and oxygen atoms in total. The molecule has 1 aliphatic heterocycles. The fourth-order valence-electron chi connectivity index (χ4n) is 2.23. The van der Waals surface area contributed by atoms with Gasteiger partial charge in [-0.15, -0.1) is 11.3 Å². The summed E-state index contributed by atoms with van der Waals surface area (Å²) in [6.45, 7) is 6.51. The van der Waals surface area contributed by atoms with Crippen LogP contribution in [0.25, 0.3) is 10.2 Å². The molecule has 0 bridgehead atoms. The molecule has 3 rings (SSSR count). The van der Waals surface area contributed by atoms with E-state index in [1.165, 1.54) is 0 Å². The van der Waals surface area contributed by atoms with Gasteiger partial charge in [0.1, 0.15) is 12.1 Å². The minimum absolute atomic E-state index is 0.0883. The molecular weight excluding hydrogens is 260 g/mol. The van der Waals surface area contributed by atoms with Crippen molar-refractivity contribution < 1.29 is 4.74 Å². The average Bonchev–Trinajstić information content (AvgIpc) is 2.80. The van der Waals surface area contributed by atoms with Crippen molar-refractivity contribution >= 4 is 27.4 Å². The Balaban J connectivity index is 1.73. The molecule has 0 spiro atoms. The maximum atomic E-state index is 5.64. The molecule has 1 atom stereocenters. The first-order chi connectivity index (χ1) is 9.27. The van der Waals surface area contributed by atoms with Crippen molar-refractivity contribution in [2.24, 2.45) is 5.41 Å². The third-order valence-electron chi connectivity index (χ3n) is 3.35. The molecule has 2 N–H and O–H groups in total. The number of hydrogen-bond donors (Lipinski definition) is 2. The molecule has 1 unspecified atom stereocenters. The molecule has 2 aromatic heterocycles. The van der Waals surface area contributed by atoms with E-state index in [0.717, 1.165) is 48.9 Å². The Hall–Kier alpha value is -1.24. The summed E-state index contributed by atoms with van der Waals surface area (Å²) in [7, 11) is 0. The van der Waals surface area contributed by atoms with E-state index in [-0.39, 0.29) is 5.41 Å². The Kier molecular flexibility index (Phi) is 3.63. The van der Waals surface area contributed by atoms with Crippen molar-refractivity contribution in [3.05, 3.63) is 17.8 Å². The van der Waals surface area contributed by atoms with Crippen LogP contribution < -0.4 is 10.6 Å². The summed E-state index contributed by atoms with van der Waals surface area (Å²) in [4.78, 5) is 8.60. The summed E-state index contributed by atoms with van der Waals surface area (Å²) < 4.78 is 6.76. The van der Waals surface area contributed by atoms with Crippen LogP contribution in [0.15, 0.2) is 17.8 Å². The molecule has 3 heterocycles. The van der Waals surface area contributed by atoms with E-state index in [1.54, 1.807) is 17.7 Å². The summed E-state index contributed by atoms with van der Waals surface area (Å²) >= 11 is 1.67. The lowest BCUT2D eigenvalue weighted by Crippen LogP contribution is -2.38. The van der Waals surface area contributed by atoms with Crippen LogP contribution in [-0.4, -0.2) is 42.8 Å². The van der Waals surface area contributed by atoms with Gasteiger partial charge in [-0.05, 0) is 11.4 Å². The quantitative estimate of drug-likeness (QED) is 0.895. The number of hydrogen-bond acceptors (Lipinski definition) is 6. The van der Waals surface area contributed by atoms with Crippen LogP contribution in [0.3, 0.4) is 0 Å². The van der Waals surface area contributed by atoms with E-state index in [9.17, 15) is 0 Å². The third-order valence-corrected chi connectivity index (χ3v) is 4.26. The van der Waals surface area contributed by atoms with Gasteiger partial charge >= 0.3 is 0 Å².